The second kappa shape index (κ2) is 5.42. The van der Waals surface area contributed by atoms with E-state index in [2.05, 4.69) is 4.72 Å². The molecule has 0 spiro atoms. The molecule has 94 valence electrons. The highest BCUT2D eigenvalue weighted by molar-refractivity contribution is 7.91. The van der Waals surface area contributed by atoms with Crippen LogP contribution in [0, 0.1) is 0 Å². The lowest BCUT2D eigenvalue weighted by Crippen LogP contribution is -2.15. The van der Waals surface area contributed by atoms with Gasteiger partial charge in [-0.05, 0) is 17.7 Å². The molecule has 0 saturated carbocycles. The largest absolute Gasteiger partial charge is 0.282 e. The number of sulfonamides is 1. The van der Waals surface area contributed by atoms with Crippen LogP contribution in [0.3, 0.4) is 0 Å². The first kappa shape index (κ1) is 12.9. The van der Waals surface area contributed by atoms with Gasteiger partial charge in [-0.15, -0.1) is 0 Å². The smallest absolute Gasteiger partial charge is 0.236 e. The quantitative estimate of drug-likeness (QED) is 0.935. The summed E-state index contributed by atoms with van der Waals surface area (Å²) in [5.41, 5.74) is 1.13. The van der Waals surface area contributed by atoms with Gasteiger partial charge in [-0.2, -0.15) is 0 Å². The minimum atomic E-state index is -3.44. The Hall–Kier alpha value is -1.52. The Kier molecular flexibility index (Phi) is 3.89. The fraction of sp³-hybridized carbons (Fsp3) is 0.0769. The van der Waals surface area contributed by atoms with Crippen molar-refractivity contribution in [3.63, 3.8) is 0 Å². The maximum Gasteiger partial charge on any atom is 0.236 e. The van der Waals surface area contributed by atoms with E-state index in [1.165, 1.54) is 0 Å². The SMILES string of the molecule is O=S(=O)(Cc1ccccc1)Nc1ccccc1Cl. The minimum Gasteiger partial charge on any atom is -0.282 e. The molecule has 0 aliphatic carbocycles. The molecule has 2 aromatic rings. The van der Waals surface area contributed by atoms with Gasteiger partial charge in [0, 0.05) is 0 Å². The molecule has 0 aromatic heterocycles. The number of anilines is 1. The van der Waals surface area contributed by atoms with E-state index < -0.39 is 10.0 Å². The van der Waals surface area contributed by atoms with Crippen molar-refractivity contribution in [1.82, 2.24) is 0 Å². The summed E-state index contributed by atoms with van der Waals surface area (Å²) in [6.45, 7) is 0. The van der Waals surface area contributed by atoms with Gasteiger partial charge in [0.2, 0.25) is 10.0 Å². The third kappa shape index (κ3) is 3.48. The standard InChI is InChI=1S/C13H12ClNO2S/c14-12-8-4-5-9-13(12)15-18(16,17)10-11-6-2-1-3-7-11/h1-9,15H,10H2. The molecule has 0 fully saturated rings. The lowest BCUT2D eigenvalue weighted by Gasteiger charge is -2.09. The highest BCUT2D eigenvalue weighted by atomic mass is 35.5. The molecule has 5 heteroatoms. The monoisotopic (exact) mass is 281 g/mol. The van der Waals surface area contributed by atoms with E-state index in [-0.39, 0.29) is 5.75 Å². The Morgan fingerprint density at radius 3 is 2.22 bits per heavy atom. The zero-order valence-electron chi connectivity index (χ0n) is 9.51. The van der Waals surface area contributed by atoms with Crippen molar-refractivity contribution in [2.24, 2.45) is 0 Å². The van der Waals surface area contributed by atoms with Crippen LogP contribution in [0.1, 0.15) is 5.56 Å². The lowest BCUT2D eigenvalue weighted by molar-refractivity contribution is 0.600. The Morgan fingerprint density at radius 2 is 1.56 bits per heavy atom. The van der Waals surface area contributed by atoms with E-state index in [0.717, 1.165) is 5.56 Å². The van der Waals surface area contributed by atoms with Crippen molar-refractivity contribution in [1.29, 1.82) is 0 Å². The summed E-state index contributed by atoms with van der Waals surface area (Å²) in [5.74, 6) is -0.0704. The van der Waals surface area contributed by atoms with E-state index in [9.17, 15) is 8.42 Å². The maximum absolute atomic E-state index is 12.0. The molecule has 0 amide bonds. The van der Waals surface area contributed by atoms with E-state index in [0.29, 0.717) is 10.7 Å². The molecular weight excluding hydrogens is 270 g/mol. The molecular formula is C13H12ClNO2S. The van der Waals surface area contributed by atoms with Crippen LogP contribution in [-0.4, -0.2) is 8.42 Å². The first-order valence-electron chi connectivity index (χ1n) is 5.36. The van der Waals surface area contributed by atoms with Crippen molar-refractivity contribution in [2.75, 3.05) is 4.72 Å². The van der Waals surface area contributed by atoms with Crippen molar-refractivity contribution in [3.05, 3.63) is 65.2 Å². The van der Waals surface area contributed by atoms with Crippen LogP contribution in [0.2, 0.25) is 5.02 Å². The number of halogens is 1. The van der Waals surface area contributed by atoms with Crippen molar-refractivity contribution >= 4 is 27.3 Å². The van der Waals surface area contributed by atoms with E-state index in [1.54, 1.807) is 48.5 Å². The average Bonchev–Trinajstić information content (AvgIpc) is 2.32. The predicted molar refractivity (Wildman–Crippen MR) is 74.1 cm³/mol. The second-order valence-electron chi connectivity index (χ2n) is 3.83. The molecule has 18 heavy (non-hydrogen) atoms. The molecule has 0 bridgehead atoms. The molecule has 0 atom stereocenters. The van der Waals surface area contributed by atoms with Gasteiger partial charge in [0.1, 0.15) is 0 Å². The van der Waals surface area contributed by atoms with Gasteiger partial charge >= 0.3 is 0 Å². The Balaban J connectivity index is 2.16. The number of nitrogens with one attached hydrogen (secondary N) is 1. The molecule has 0 aliphatic rings. The first-order valence-corrected chi connectivity index (χ1v) is 7.39. The van der Waals surface area contributed by atoms with E-state index in [4.69, 9.17) is 11.6 Å². The number of para-hydroxylation sites is 1. The molecule has 0 radical (unpaired) electrons. The molecule has 3 nitrogen and oxygen atoms in total. The van der Waals surface area contributed by atoms with Gasteiger partial charge < -0.3 is 0 Å². The van der Waals surface area contributed by atoms with Crippen LogP contribution in [0.4, 0.5) is 5.69 Å². The first-order chi connectivity index (χ1) is 8.57. The topological polar surface area (TPSA) is 46.2 Å². The van der Waals surface area contributed by atoms with Crippen molar-refractivity contribution in [3.8, 4) is 0 Å². The Bertz CT molecular complexity index is 626. The summed E-state index contributed by atoms with van der Waals surface area (Å²) in [4.78, 5) is 0. The highest BCUT2D eigenvalue weighted by Crippen LogP contribution is 2.22. The van der Waals surface area contributed by atoms with E-state index in [1.807, 2.05) is 6.07 Å². The molecule has 2 aromatic carbocycles. The average molecular weight is 282 g/mol. The maximum atomic E-state index is 12.0. The summed E-state index contributed by atoms with van der Waals surface area (Å²) in [6.07, 6.45) is 0. The lowest BCUT2D eigenvalue weighted by atomic mass is 10.2. The van der Waals surface area contributed by atoms with Crippen LogP contribution in [-0.2, 0) is 15.8 Å². The van der Waals surface area contributed by atoms with Gasteiger partial charge in [0.05, 0.1) is 16.5 Å². The van der Waals surface area contributed by atoms with Crippen LogP contribution >= 0.6 is 11.6 Å². The minimum absolute atomic E-state index is 0.0704. The fourth-order valence-electron chi connectivity index (χ4n) is 1.54. The van der Waals surface area contributed by atoms with Crippen LogP contribution in [0.5, 0.6) is 0 Å². The Labute approximate surface area is 111 Å². The number of hydrogen-bond donors (Lipinski definition) is 1. The van der Waals surface area contributed by atoms with Gasteiger partial charge in [-0.3, -0.25) is 4.72 Å². The van der Waals surface area contributed by atoms with Gasteiger partial charge in [-0.25, -0.2) is 8.42 Å². The number of rotatable bonds is 4. The van der Waals surface area contributed by atoms with E-state index >= 15 is 0 Å². The fourth-order valence-corrected chi connectivity index (χ4v) is 3.00. The predicted octanol–water partition coefficient (Wildman–Crippen LogP) is 3.28. The molecule has 0 heterocycles. The number of hydrogen-bond acceptors (Lipinski definition) is 2. The summed E-state index contributed by atoms with van der Waals surface area (Å²) in [7, 11) is -3.44. The van der Waals surface area contributed by atoms with Crippen LogP contribution in [0.15, 0.2) is 54.6 Å². The third-order valence-corrected chi connectivity index (χ3v) is 3.91. The van der Waals surface area contributed by atoms with Gasteiger partial charge in [-0.1, -0.05) is 54.1 Å². The summed E-state index contributed by atoms with van der Waals surface area (Å²) in [5, 5.41) is 0.383. The summed E-state index contributed by atoms with van der Waals surface area (Å²) >= 11 is 5.91. The van der Waals surface area contributed by atoms with Crippen LogP contribution < -0.4 is 4.72 Å². The third-order valence-electron chi connectivity index (χ3n) is 2.34. The van der Waals surface area contributed by atoms with Crippen LogP contribution in [0.25, 0.3) is 0 Å². The molecule has 0 saturated heterocycles. The molecule has 2 rings (SSSR count). The normalized spacial score (nSPS) is 11.2. The van der Waals surface area contributed by atoms with Crippen molar-refractivity contribution < 1.29 is 8.42 Å². The highest BCUT2D eigenvalue weighted by Gasteiger charge is 2.12. The molecule has 1 N–H and O–H groups in total. The van der Waals surface area contributed by atoms with Crippen molar-refractivity contribution in [2.45, 2.75) is 5.75 Å². The molecule has 0 aliphatic heterocycles. The van der Waals surface area contributed by atoms with Gasteiger partial charge in [0.15, 0.2) is 0 Å². The summed E-state index contributed by atoms with van der Waals surface area (Å²) in [6, 6.07) is 15.7. The number of benzene rings is 2. The molecule has 0 unspecified atom stereocenters. The summed E-state index contributed by atoms with van der Waals surface area (Å²) < 4.78 is 26.4. The second-order valence-corrected chi connectivity index (χ2v) is 5.96. The zero-order chi connectivity index (χ0) is 13.0. The van der Waals surface area contributed by atoms with Gasteiger partial charge in [0.25, 0.3) is 0 Å². The Morgan fingerprint density at radius 1 is 0.944 bits per heavy atom. The zero-order valence-corrected chi connectivity index (χ0v) is 11.1.